The number of ether oxygens (including phenoxy) is 1. The van der Waals surface area contributed by atoms with Crippen LogP contribution in [0.4, 0.5) is 0 Å². The van der Waals surface area contributed by atoms with Gasteiger partial charge in [-0.15, -0.1) is 0 Å². The molecule has 12 heavy (non-hydrogen) atoms. The van der Waals surface area contributed by atoms with E-state index in [4.69, 9.17) is 4.74 Å². The predicted molar refractivity (Wildman–Crippen MR) is 46.1 cm³/mol. The Hall–Kier alpha value is 0.320. The highest BCUT2D eigenvalue weighted by Gasteiger charge is 2.40. The number of rotatable bonds is 1. The molecule has 3 N–H and O–H groups in total. The van der Waals surface area contributed by atoms with Crippen LogP contribution in [0.3, 0.4) is 0 Å². The normalized spacial score (nSPS) is 49.2. The minimum atomic E-state index is -1.11. The summed E-state index contributed by atoms with van der Waals surface area (Å²) in [5.74, 6) is 0. The van der Waals surface area contributed by atoms with E-state index in [1.807, 2.05) is 0 Å². The van der Waals surface area contributed by atoms with Gasteiger partial charge in [-0.3, -0.25) is 0 Å². The molecule has 0 aromatic carbocycles. The average molecular weight is 241 g/mol. The molecular weight excluding hydrogens is 228 g/mol. The summed E-state index contributed by atoms with van der Waals surface area (Å²) < 4.78 is 5.22. The third kappa shape index (κ3) is 1.80. The summed E-state index contributed by atoms with van der Waals surface area (Å²) in [5, 5.41) is 28.4. The Balaban J connectivity index is 2.63. The van der Waals surface area contributed by atoms with Crippen LogP contribution in [-0.4, -0.2) is 51.2 Å². The van der Waals surface area contributed by atoms with Gasteiger partial charge in [-0.25, -0.2) is 0 Å². The highest BCUT2D eigenvalue weighted by molar-refractivity contribution is 9.09. The van der Waals surface area contributed by atoms with E-state index >= 15 is 0 Å². The van der Waals surface area contributed by atoms with Crippen molar-refractivity contribution in [3.63, 3.8) is 0 Å². The summed E-state index contributed by atoms with van der Waals surface area (Å²) in [6, 6.07) is 0. The van der Waals surface area contributed by atoms with Crippen molar-refractivity contribution in [3.8, 4) is 0 Å². The van der Waals surface area contributed by atoms with Crippen LogP contribution in [0.25, 0.3) is 0 Å². The molecule has 72 valence electrons. The quantitative estimate of drug-likeness (QED) is 0.528. The fraction of sp³-hybridized carbons (Fsp3) is 1.00. The fourth-order valence-corrected chi connectivity index (χ4v) is 1.80. The lowest BCUT2D eigenvalue weighted by Gasteiger charge is -2.38. The first-order valence-electron chi connectivity index (χ1n) is 3.83. The van der Waals surface area contributed by atoms with E-state index in [9.17, 15) is 15.3 Å². The minimum absolute atomic E-state index is 0.439. The maximum absolute atomic E-state index is 9.36. The molecule has 0 bridgehead atoms. The van der Waals surface area contributed by atoms with Gasteiger partial charge in [0.05, 0.1) is 12.2 Å². The summed E-state index contributed by atoms with van der Waals surface area (Å²) in [5.41, 5.74) is 0. The highest BCUT2D eigenvalue weighted by atomic mass is 79.9. The van der Waals surface area contributed by atoms with Crippen molar-refractivity contribution in [1.29, 1.82) is 0 Å². The molecule has 1 rings (SSSR count). The molecule has 4 nitrogen and oxygen atoms in total. The lowest BCUT2D eigenvalue weighted by atomic mass is 9.97. The molecule has 0 spiro atoms. The van der Waals surface area contributed by atoms with Crippen molar-refractivity contribution in [2.75, 3.05) is 5.33 Å². The van der Waals surface area contributed by atoms with Gasteiger partial charge < -0.3 is 20.1 Å². The number of hydrogen-bond donors (Lipinski definition) is 3. The zero-order valence-electron chi connectivity index (χ0n) is 6.72. The molecule has 1 saturated heterocycles. The maximum atomic E-state index is 9.36. The molecule has 0 aliphatic carbocycles. The van der Waals surface area contributed by atoms with Gasteiger partial charge in [0.1, 0.15) is 18.3 Å². The Morgan fingerprint density at radius 1 is 1.17 bits per heavy atom. The molecule has 0 saturated carbocycles. The number of alkyl halides is 1. The van der Waals surface area contributed by atoms with Crippen LogP contribution < -0.4 is 0 Å². The van der Waals surface area contributed by atoms with E-state index < -0.39 is 30.5 Å². The predicted octanol–water partition coefficient (Wildman–Crippen LogP) is -0.749. The molecular formula is C7H13BrO4. The Bertz CT molecular complexity index is 150. The SMILES string of the molecule is C[C@@H]1OC(CBr)[C@H](O)[C@H](O)C1O. The summed E-state index contributed by atoms with van der Waals surface area (Å²) in [7, 11) is 0. The van der Waals surface area contributed by atoms with Gasteiger partial charge in [-0.1, -0.05) is 15.9 Å². The molecule has 2 unspecified atom stereocenters. The number of aliphatic hydroxyl groups excluding tert-OH is 3. The van der Waals surface area contributed by atoms with Crippen LogP contribution in [0.5, 0.6) is 0 Å². The third-order valence-electron chi connectivity index (χ3n) is 2.10. The summed E-state index contributed by atoms with van der Waals surface area (Å²) >= 11 is 3.15. The Labute approximate surface area is 79.3 Å². The molecule has 1 fully saturated rings. The second-order valence-corrected chi connectivity index (χ2v) is 3.65. The zero-order valence-corrected chi connectivity index (χ0v) is 8.31. The van der Waals surface area contributed by atoms with Crippen molar-refractivity contribution in [2.45, 2.75) is 37.4 Å². The van der Waals surface area contributed by atoms with Crippen molar-refractivity contribution in [1.82, 2.24) is 0 Å². The molecule has 1 heterocycles. The monoisotopic (exact) mass is 240 g/mol. The zero-order chi connectivity index (χ0) is 9.30. The first-order chi connectivity index (χ1) is 5.57. The molecule has 0 aromatic rings. The van der Waals surface area contributed by atoms with Gasteiger partial charge in [0.2, 0.25) is 0 Å². The van der Waals surface area contributed by atoms with Gasteiger partial charge in [0.15, 0.2) is 0 Å². The average Bonchev–Trinajstić information content (AvgIpc) is 2.08. The second-order valence-electron chi connectivity index (χ2n) is 3.01. The van der Waals surface area contributed by atoms with Crippen LogP contribution >= 0.6 is 15.9 Å². The lowest BCUT2D eigenvalue weighted by molar-refractivity contribution is -0.210. The van der Waals surface area contributed by atoms with Crippen LogP contribution in [0.2, 0.25) is 0 Å². The molecule has 0 aromatic heterocycles. The standard InChI is InChI=1S/C7H13BrO4/c1-3-5(9)7(11)6(10)4(2-8)12-3/h3-7,9-11H,2H2,1H3/t3-,4?,5?,6-,7+/m0/s1. The van der Waals surface area contributed by atoms with E-state index in [2.05, 4.69) is 15.9 Å². The van der Waals surface area contributed by atoms with Crippen molar-refractivity contribution in [3.05, 3.63) is 0 Å². The van der Waals surface area contributed by atoms with E-state index in [0.717, 1.165) is 0 Å². The summed E-state index contributed by atoms with van der Waals surface area (Å²) in [6.45, 7) is 1.66. The van der Waals surface area contributed by atoms with Gasteiger partial charge in [-0.2, -0.15) is 0 Å². The van der Waals surface area contributed by atoms with E-state index in [-0.39, 0.29) is 0 Å². The lowest BCUT2D eigenvalue weighted by Crippen LogP contribution is -2.57. The van der Waals surface area contributed by atoms with Crippen LogP contribution in [0.1, 0.15) is 6.92 Å². The van der Waals surface area contributed by atoms with E-state index in [0.29, 0.717) is 5.33 Å². The summed E-state index contributed by atoms with van der Waals surface area (Å²) in [4.78, 5) is 0. The van der Waals surface area contributed by atoms with Gasteiger partial charge in [-0.05, 0) is 6.92 Å². The minimum Gasteiger partial charge on any atom is -0.388 e. The topological polar surface area (TPSA) is 69.9 Å². The number of halogens is 1. The van der Waals surface area contributed by atoms with Crippen LogP contribution in [0, 0.1) is 0 Å². The molecule has 5 atom stereocenters. The van der Waals surface area contributed by atoms with Crippen molar-refractivity contribution in [2.24, 2.45) is 0 Å². The second kappa shape index (κ2) is 4.02. The summed E-state index contributed by atoms with van der Waals surface area (Å²) in [6.07, 6.45) is -4.02. The molecule has 1 aliphatic rings. The Kier molecular flexibility index (Phi) is 3.48. The first kappa shape index (κ1) is 10.4. The molecule has 1 aliphatic heterocycles. The van der Waals surface area contributed by atoms with Crippen molar-refractivity contribution >= 4 is 15.9 Å². The Morgan fingerprint density at radius 2 is 1.75 bits per heavy atom. The van der Waals surface area contributed by atoms with Gasteiger partial charge in [0.25, 0.3) is 0 Å². The maximum Gasteiger partial charge on any atom is 0.111 e. The highest BCUT2D eigenvalue weighted by Crippen LogP contribution is 2.21. The van der Waals surface area contributed by atoms with Crippen molar-refractivity contribution < 1.29 is 20.1 Å². The van der Waals surface area contributed by atoms with Crippen LogP contribution in [-0.2, 0) is 4.74 Å². The van der Waals surface area contributed by atoms with E-state index in [1.54, 1.807) is 6.92 Å². The number of aliphatic hydroxyl groups is 3. The van der Waals surface area contributed by atoms with Gasteiger partial charge >= 0.3 is 0 Å². The molecule has 5 heteroatoms. The number of hydrogen-bond acceptors (Lipinski definition) is 4. The largest absolute Gasteiger partial charge is 0.388 e. The Morgan fingerprint density at radius 3 is 2.25 bits per heavy atom. The molecule has 0 amide bonds. The fourth-order valence-electron chi connectivity index (χ4n) is 1.26. The van der Waals surface area contributed by atoms with E-state index in [1.165, 1.54) is 0 Å². The molecule has 0 radical (unpaired) electrons. The first-order valence-corrected chi connectivity index (χ1v) is 4.95. The smallest absolute Gasteiger partial charge is 0.111 e. The van der Waals surface area contributed by atoms with Gasteiger partial charge in [0, 0.05) is 5.33 Å². The third-order valence-corrected chi connectivity index (χ3v) is 2.74. The van der Waals surface area contributed by atoms with Crippen LogP contribution in [0.15, 0.2) is 0 Å².